The summed E-state index contributed by atoms with van der Waals surface area (Å²) in [5.74, 6) is 0.707. The number of ether oxygens (including phenoxy) is 5. The highest BCUT2D eigenvalue weighted by atomic mass is 16.5. The summed E-state index contributed by atoms with van der Waals surface area (Å²) in [6.45, 7) is 1.91. The van der Waals surface area contributed by atoms with Gasteiger partial charge >= 0.3 is 0 Å². The molecule has 0 radical (unpaired) electrons. The monoisotopic (exact) mass is 408 g/mol. The molecule has 0 bridgehead atoms. The van der Waals surface area contributed by atoms with Crippen molar-refractivity contribution in [1.29, 1.82) is 0 Å². The third-order valence-electron chi connectivity index (χ3n) is 4.62. The molecule has 0 saturated carbocycles. The minimum atomic E-state index is -1.13. The predicted octanol–water partition coefficient (Wildman–Crippen LogP) is 2.63. The molecule has 3 N–H and O–H groups in total. The topological polar surface area (TPSA) is 107 Å². The van der Waals surface area contributed by atoms with E-state index in [4.69, 9.17) is 23.7 Å². The zero-order chi connectivity index (χ0) is 21.6. The SMILES string of the molecule is CCOc1c(OC)cc(C(CO)C(O)c2cc(OC)c(O)c(OC)c2)cc1OC. The van der Waals surface area contributed by atoms with Crippen molar-refractivity contribution in [3.8, 4) is 34.5 Å². The number of phenols is 1. The van der Waals surface area contributed by atoms with Crippen LogP contribution >= 0.6 is 0 Å². The van der Waals surface area contributed by atoms with Gasteiger partial charge in [-0.1, -0.05) is 0 Å². The Morgan fingerprint density at radius 3 is 1.62 bits per heavy atom. The molecule has 0 aliphatic carbocycles. The van der Waals surface area contributed by atoms with Crippen LogP contribution in [0.25, 0.3) is 0 Å². The second kappa shape index (κ2) is 10.1. The maximum Gasteiger partial charge on any atom is 0.203 e. The van der Waals surface area contributed by atoms with E-state index < -0.39 is 12.0 Å². The highest BCUT2D eigenvalue weighted by Crippen LogP contribution is 2.45. The van der Waals surface area contributed by atoms with Gasteiger partial charge in [0, 0.05) is 5.92 Å². The number of aliphatic hydroxyl groups excluding tert-OH is 2. The van der Waals surface area contributed by atoms with Crippen molar-refractivity contribution in [3.63, 3.8) is 0 Å². The van der Waals surface area contributed by atoms with Gasteiger partial charge in [-0.05, 0) is 42.3 Å². The van der Waals surface area contributed by atoms with E-state index in [2.05, 4.69) is 0 Å². The molecule has 2 unspecified atom stereocenters. The minimum Gasteiger partial charge on any atom is -0.502 e. The Morgan fingerprint density at radius 2 is 1.24 bits per heavy atom. The van der Waals surface area contributed by atoms with Crippen molar-refractivity contribution in [3.05, 3.63) is 35.4 Å². The molecule has 0 aliphatic heterocycles. The fraction of sp³-hybridized carbons (Fsp3) is 0.429. The van der Waals surface area contributed by atoms with Gasteiger partial charge in [-0.3, -0.25) is 0 Å². The molecule has 0 aromatic heterocycles. The van der Waals surface area contributed by atoms with Gasteiger partial charge in [0.1, 0.15) is 0 Å². The van der Waals surface area contributed by atoms with E-state index in [9.17, 15) is 15.3 Å². The lowest BCUT2D eigenvalue weighted by atomic mass is 9.89. The Kier molecular flexibility index (Phi) is 7.81. The Morgan fingerprint density at radius 1 is 0.793 bits per heavy atom. The van der Waals surface area contributed by atoms with Gasteiger partial charge in [0.15, 0.2) is 23.0 Å². The quantitative estimate of drug-likeness (QED) is 0.551. The highest BCUT2D eigenvalue weighted by molar-refractivity contribution is 5.56. The highest BCUT2D eigenvalue weighted by Gasteiger charge is 2.27. The Hall–Kier alpha value is -2.84. The van der Waals surface area contributed by atoms with E-state index in [1.165, 1.54) is 40.6 Å². The van der Waals surface area contributed by atoms with E-state index in [0.717, 1.165) is 0 Å². The normalized spacial score (nSPS) is 12.8. The van der Waals surface area contributed by atoms with E-state index in [1.807, 2.05) is 6.92 Å². The number of phenolic OH excluding ortho intramolecular Hbond substituents is 1. The van der Waals surface area contributed by atoms with E-state index in [-0.39, 0.29) is 23.9 Å². The van der Waals surface area contributed by atoms with Gasteiger partial charge in [-0.2, -0.15) is 0 Å². The molecule has 0 heterocycles. The molecule has 2 aromatic rings. The van der Waals surface area contributed by atoms with Gasteiger partial charge < -0.3 is 39.0 Å². The number of aromatic hydroxyl groups is 1. The zero-order valence-corrected chi connectivity index (χ0v) is 17.3. The van der Waals surface area contributed by atoms with Crippen LogP contribution in [0.15, 0.2) is 24.3 Å². The van der Waals surface area contributed by atoms with Crippen LogP contribution in [0.4, 0.5) is 0 Å². The molecule has 2 rings (SSSR count). The summed E-state index contributed by atoms with van der Waals surface area (Å²) in [5, 5.41) is 31.1. The van der Waals surface area contributed by atoms with Gasteiger partial charge in [0.2, 0.25) is 11.5 Å². The Labute approximate surface area is 170 Å². The van der Waals surface area contributed by atoms with Gasteiger partial charge in [0.25, 0.3) is 0 Å². The third-order valence-corrected chi connectivity index (χ3v) is 4.62. The first kappa shape index (κ1) is 22.4. The molecule has 160 valence electrons. The van der Waals surface area contributed by atoms with E-state index in [1.54, 1.807) is 12.1 Å². The van der Waals surface area contributed by atoms with Crippen molar-refractivity contribution in [1.82, 2.24) is 0 Å². The van der Waals surface area contributed by atoms with Crippen molar-refractivity contribution < 1.29 is 39.0 Å². The molecular weight excluding hydrogens is 380 g/mol. The van der Waals surface area contributed by atoms with Crippen LogP contribution in [-0.4, -0.2) is 57.0 Å². The maximum absolute atomic E-state index is 11.0. The summed E-state index contributed by atoms with van der Waals surface area (Å²) in [7, 11) is 5.80. The first-order valence-electron chi connectivity index (χ1n) is 9.08. The summed E-state index contributed by atoms with van der Waals surface area (Å²) >= 11 is 0. The summed E-state index contributed by atoms with van der Waals surface area (Å²) in [5.41, 5.74) is 0.991. The Balaban J connectivity index is 2.53. The van der Waals surface area contributed by atoms with Crippen molar-refractivity contribution in [2.24, 2.45) is 0 Å². The van der Waals surface area contributed by atoms with Crippen LogP contribution < -0.4 is 23.7 Å². The summed E-state index contributed by atoms with van der Waals surface area (Å²) in [6, 6.07) is 6.36. The fourth-order valence-electron chi connectivity index (χ4n) is 3.11. The van der Waals surface area contributed by atoms with Crippen LogP contribution in [0.2, 0.25) is 0 Å². The van der Waals surface area contributed by atoms with Crippen LogP contribution in [0.1, 0.15) is 30.1 Å². The zero-order valence-electron chi connectivity index (χ0n) is 17.3. The smallest absolute Gasteiger partial charge is 0.203 e. The second-order valence-electron chi connectivity index (χ2n) is 6.20. The first-order valence-corrected chi connectivity index (χ1v) is 9.08. The number of methoxy groups -OCH3 is 4. The number of rotatable bonds is 10. The molecule has 2 atom stereocenters. The average molecular weight is 408 g/mol. The fourth-order valence-corrected chi connectivity index (χ4v) is 3.11. The molecular formula is C21H28O8. The predicted molar refractivity (Wildman–Crippen MR) is 107 cm³/mol. The molecule has 0 spiro atoms. The van der Waals surface area contributed by atoms with Gasteiger partial charge in [-0.15, -0.1) is 0 Å². The van der Waals surface area contributed by atoms with Crippen molar-refractivity contribution >= 4 is 0 Å². The number of aliphatic hydroxyl groups is 2. The van der Waals surface area contributed by atoms with E-state index in [0.29, 0.717) is 35.0 Å². The van der Waals surface area contributed by atoms with Gasteiger partial charge in [-0.25, -0.2) is 0 Å². The van der Waals surface area contributed by atoms with E-state index >= 15 is 0 Å². The third kappa shape index (κ3) is 4.60. The largest absolute Gasteiger partial charge is 0.502 e. The van der Waals surface area contributed by atoms with Crippen LogP contribution in [0.5, 0.6) is 34.5 Å². The van der Waals surface area contributed by atoms with Gasteiger partial charge in [0.05, 0.1) is 47.8 Å². The average Bonchev–Trinajstić information content (AvgIpc) is 2.74. The lowest BCUT2D eigenvalue weighted by molar-refractivity contribution is 0.106. The maximum atomic E-state index is 11.0. The van der Waals surface area contributed by atoms with Crippen LogP contribution in [-0.2, 0) is 0 Å². The summed E-state index contributed by atoms with van der Waals surface area (Å²) in [4.78, 5) is 0. The minimum absolute atomic E-state index is 0.150. The Bertz CT molecular complexity index is 770. The van der Waals surface area contributed by atoms with Crippen LogP contribution in [0, 0.1) is 0 Å². The first-order chi connectivity index (χ1) is 13.9. The molecule has 0 amide bonds. The number of hydrogen-bond donors (Lipinski definition) is 3. The molecule has 8 nitrogen and oxygen atoms in total. The molecule has 29 heavy (non-hydrogen) atoms. The lowest BCUT2D eigenvalue weighted by Crippen LogP contribution is -2.16. The lowest BCUT2D eigenvalue weighted by Gasteiger charge is -2.25. The number of hydrogen-bond acceptors (Lipinski definition) is 8. The molecule has 0 saturated heterocycles. The molecule has 2 aromatic carbocycles. The molecule has 8 heteroatoms. The van der Waals surface area contributed by atoms with Crippen molar-refractivity contribution in [2.45, 2.75) is 18.9 Å². The second-order valence-corrected chi connectivity index (χ2v) is 6.20. The molecule has 0 fully saturated rings. The van der Waals surface area contributed by atoms with Crippen molar-refractivity contribution in [2.75, 3.05) is 41.7 Å². The molecule has 0 aliphatic rings. The summed E-state index contributed by atoms with van der Waals surface area (Å²) < 4.78 is 26.7. The number of benzene rings is 2. The summed E-state index contributed by atoms with van der Waals surface area (Å²) in [6.07, 6.45) is -1.13. The standard InChI is InChI=1S/C21H28O8/c1-6-29-21-17(27-4)7-12(8-18(21)28-5)14(11-22)19(23)13-9-15(25-2)20(24)16(10-13)26-3/h7-10,14,19,22-24H,6,11H2,1-5H3. The van der Waals surface area contributed by atoms with Crippen LogP contribution in [0.3, 0.4) is 0 Å².